The van der Waals surface area contributed by atoms with Gasteiger partial charge in [0, 0.05) is 23.9 Å². The summed E-state index contributed by atoms with van der Waals surface area (Å²) >= 11 is 0. The van der Waals surface area contributed by atoms with Crippen LogP contribution in [0.5, 0.6) is 0 Å². The molecule has 0 bridgehead atoms. The van der Waals surface area contributed by atoms with Gasteiger partial charge in [0.05, 0.1) is 6.61 Å². The van der Waals surface area contributed by atoms with Crippen LogP contribution in [0.15, 0.2) is 36.7 Å². The van der Waals surface area contributed by atoms with E-state index in [2.05, 4.69) is 4.98 Å². The molecule has 0 radical (unpaired) electrons. The van der Waals surface area contributed by atoms with Gasteiger partial charge < -0.3 is 4.74 Å². The van der Waals surface area contributed by atoms with Gasteiger partial charge in [0.15, 0.2) is 0 Å². The number of hydrogen-bond acceptors (Lipinski definition) is 3. The van der Waals surface area contributed by atoms with Crippen molar-refractivity contribution in [1.82, 2.24) is 4.98 Å². The van der Waals surface area contributed by atoms with E-state index in [-0.39, 0.29) is 5.82 Å². The van der Waals surface area contributed by atoms with Crippen LogP contribution in [-0.2, 0) is 9.53 Å². The molecule has 3 nitrogen and oxygen atoms in total. The van der Waals surface area contributed by atoms with Crippen LogP contribution < -0.4 is 0 Å². The van der Waals surface area contributed by atoms with Crippen molar-refractivity contribution in [1.29, 1.82) is 0 Å². The van der Waals surface area contributed by atoms with Gasteiger partial charge in [-0.3, -0.25) is 4.98 Å². The quantitative estimate of drug-likeness (QED) is 0.616. The Morgan fingerprint density at radius 3 is 3.11 bits per heavy atom. The van der Waals surface area contributed by atoms with E-state index in [1.54, 1.807) is 31.5 Å². The Morgan fingerprint density at radius 2 is 2.33 bits per heavy atom. The predicted octanol–water partition coefficient (Wildman–Crippen LogP) is 2.95. The normalized spacial score (nSPS) is 11.0. The molecule has 0 aliphatic rings. The van der Waals surface area contributed by atoms with Crippen LogP contribution in [0, 0.1) is 5.82 Å². The minimum Gasteiger partial charge on any atom is -0.463 e. The number of benzene rings is 1. The highest BCUT2D eigenvalue weighted by molar-refractivity contribution is 5.94. The molecule has 0 atom stereocenters. The van der Waals surface area contributed by atoms with Crippen molar-refractivity contribution in [2.75, 3.05) is 6.61 Å². The molecule has 0 aliphatic heterocycles. The Bertz CT molecular complexity index is 608. The van der Waals surface area contributed by atoms with Crippen molar-refractivity contribution in [3.63, 3.8) is 0 Å². The van der Waals surface area contributed by atoms with Gasteiger partial charge in [-0.2, -0.15) is 0 Å². The third-order valence-corrected chi connectivity index (χ3v) is 2.44. The second-order valence-corrected chi connectivity index (χ2v) is 3.68. The molecule has 18 heavy (non-hydrogen) atoms. The minimum atomic E-state index is -0.441. The van der Waals surface area contributed by atoms with Crippen LogP contribution in [0.4, 0.5) is 4.39 Å². The van der Waals surface area contributed by atoms with Gasteiger partial charge in [-0.25, -0.2) is 9.18 Å². The van der Waals surface area contributed by atoms with Crippen LogP contribution >= 0.6 is 0 Å². The number of halogens is 1. The van der Waals surface area contributed by atoms with E-state index in [0.29, 0.717) is 17.6 Å². The lowest BCUT2D eigenvalue weighted by Gasteiger charge is -2.02. The number of nitrogens with zero attached hydrogens (tertiary/aromatic N) is 1. The molecule has 1 heterocycles. The Morgan fingerprint density at radius 1 is 1.50 bits per heavy atom. The molecule has 0 aliphatic carbocycles. The van der Waals surface area contributed by atoms with Gasteiger partial charge in [-0.1, -0.05) is 0 Å². The smallest absolute Gasteiger partial charge is 0.330 e. The highest BCUT2D eigenvalue weighted by atomic mass is 19.1. The van der Waals surface area contributed by atoms with Crippen molar-refractivity contribution in [3.8, 4) is 0 Å². The predicted molar refractivity (Wildman–Crippen MR) is 67.4 cm³/mol. The zero-order valence-corrected chi connectivity index (χ0v) is 9.89. The van der Waals surface area contributed by atoms with E-state index < -0.39 is 5.97 Å². The van der Waals surface area contributed by atoms with Crippen molar-refractivity contribution in [3.05, 3.63) is 48.0 Å². The number of fused-ring (bicyclic) bond motifs is 1. The fraction of sp³-hybridized carbons (Fsp3) is 0.143. The molecular formula is C14H12FNO2. The summed E-state index contributed by atoms with van der Waals surface area (Å²) < 4.78 is 18.2. The summed E-state index contributed by atoms with van der Waals surface area (Å²) in [4.78, 5) is 15.2. The van der Waals surface area contributed by atoms with E-state index in [1.807, 2.05) is 0 Å². The average Bonchev–Trinajstić information content (AvgIpc) is 2.36. The summed E-state index contributed by atoms with van der Waals surface area (Å²) in [5, 5.41) is 1.54. The topological polar surface area (TPSA) is 39.2 Å². The molecule has 1 aromatic carbocycles. The highest BCUT2D eigenvalue weighted by Crippen LogP contribution is 2.20. The number of esters is 1. The zero-order chi connectivity index (χ0) is 13.0. The van der Waals surface area contributed by atoms with Gasteiger partial charge in [0.1, 0.15) is 5.82 Å². The summed E-state index contributed by atoms with van der Waals surface area (Å²) in [5.74, 6) is -0.803. The van der Waals surface area contributed by atoms with Crippen LogP contribution in [0.2, 0.25) is 0 Å². The summed E-state index contributed by atoms with van der Waals surface area (Å²) in [6.45, 7) is 2.05. The van der Waals surface area contributed by atoms with Crippen LogP contribution in [-0.4, -0.2) is 17.6 Å². The number of rotatable bonds is 3. The lowest BCUT2D eigenvalue weighted by atomic mass is 10.1. The van der Waals surface area contributed by atoms with Crippen molar-refractivity contribution < 1.29 is 13.9 Å². The Balaban J connectivity index is 2.41. The molecule has 0 fully saturated rings. The van der Waals surface area contributed by atoms with Gasteiger partial charge in [-0.05, 0) is 42.1 Å². The average molecular weight is 245 g/mol. The molecule has 0 spiro atoms. The van der Waals surface area contributed by atoms with E-state index in [4.69, 9.17) is 4.74 Å². The highest BCUT2D eigenvalue weighted by Gasteiger charge is 2.02. The molecule has 92 valence electrons. The second kappa shape index (κ2) is 5.40. The second-order valence-electron chi connectivity index (χ2n) is 3.68. The third kappa shape index (κ3) is 2.71. The van der Waals surface area contributed by atoms with E-state index in [0.717, 1.165) is 5.39 Å². The van der Waals surface area contributed by atoms with Crippen molar-refractivity contribution in [2.45, 2.75) is 6.92 Å². The molecule has 2 aromatic rings. The lowest BCUT2D eigenvalue weighted by Crippen LogP contribution is -1.98. The Kier molecular flexibility index (Phi) is 3.67. The molecular weight excluding hydrogens is 233 g/mol. The lowest BCUT2D eigenvalue weighted by molar-refractivity contribution is -0.137. The van der Waals surface area contributed by atoms with E-state index in [9.17, 15) is 9.18 Å². The van der Waals surface area contributed by atoms with Gasteiger partial charge in [-0.15, -0.1) is 0 Å². The molecule has 0 saturated heterocycles. The van der Waals surface area contributed by atoms with Crippen molar-refractivity contribution >= 4 is 22.8 Å². The summed E-state index contributed by atoms with van der Waals surface area (Å²) in [7, 11) is 0. The van der Waals surface area contributed by atoms with Crippen molar-refractivity contribution in [2.24, 2.45) is 0 Å². The number of carbonyl (C=O) groups is 1. The Hall–Kier alpha value is -2.23. The monoisotopic (exact) mass is 245 g/mol. The Labute approximate surface area is 104 Å². The van der Waals surface area contributed by atoms with Crippen LogP contribution in [0.1, 0.15) is 12.5 Å². The molecule has 4 heteroatoms. The van der Waals surface area contributed by atoms with Crippen LogP contribution in [0.3, 0.4) is 0 Å². The number of pyridine rings is 1. The maximum absolute atomic E-state index is 13.4. The summed E-state index contributed by atoms with van der Waals surface area (Å²) in [5.41, 5.74) is 0.625. The molecule has 0 amide bonds. The minimum absolute atomic E-state index is 0.316. The summed E-state index contributed by atoms with van der Waals surface area (Å²) in [6.07, 6.45) is 6.05. The van der Waals surface area contributed by atoms with Gasteiger partial charge in [0.2, 0.25) is 0 Å². The molecule has 0 saturated carbocycles. The number of hydrogen-bond donors (Lipinski definition) is 0. The largest absolute Gasteiger partial charge is 0.463 e. The first-order valence-corrected chi connectivity index (χ1v) is 5.59. The molecule has 2 rings (SSSR count). The van der Waals surface area contributed by atoms with Gasteiger partial charge in [0.25, 0.3) is 0 Å². The van der Waals surface area contributed by atoms with E-state index in [1.165, 1.54) is 18.2 Å². The fourth-order valence-electron chi connectivity index (χ4n) is 1.69. The van der Waals surface area contributed by atoms with Gasteiger partial charge >= 0.3 is 5.97 Å². The number of aromatic nitrogens is 1. The number of carbonyl (C=O) groups excluding carboxylic acids is 1. The first-order valence-electron chi connectivity index (χ1n) is 5.59. The number of ether oxygens (including phenoxy) is 1. The summed E-state index contributed by atoms with van der Waals surface area (Å²) in [6, 6.07) is 4.56. The first kappa shape index (κ1) is 12.2. The molecule has 0 unspecified atom stereocenters. The van der Waals surface area contributed by atoms with Crippen LogP contribution in [0.25, 0.3) is 16.8 Å². The maximum atomic E-state index is 13.4. The van der Waals surface area contributed by atoms with E-state index >= 15 is 0 Å². The zero-order valence-electron chi connectivity index (χ0n) is 9.89. The molecule has 1 aromatic heterocycles. The standard InChI is InChI=1S/C14H12FNO2/c1-2-18-14(17)4-3-10-7-12(15)8-11-9-16-6-5-13(10)11/h3-9H,2H2,1H3/b4-3+. The SMILES string of the molecule is CCOC(=O)/C=C/c1cc(F)cc2cnccc12. The first-order chi connectivity index (χ1) is 8.70. The maximum Gasteiger partial charge on any atom is 0.330 e. The third-order valence-electron chi connectivity index (χ3n) is 2.44. The molecule has 0 N–H and O–H groups in total. The fourth-order valence-corrected chi connectivity index (χ4v) is 1.69.